The number of aromatic nitrogens is 2. The summed E-state index contributed by atoms with van der Waals surface area (Å²) in [5.41, 5.74) is -0.107. The minimum absolute atomic E-state index is 0.0132. The number of sulfonamides is 1. The summed E-state index contributed by atoms with van der Waals surface area (Å²) in [6.45, 7) is -0.0685. The van der Waals surface area contributed by atoms with Crippen LogP contribution in [0.1, 0.15) is 21.6 Å². The molecule has 0 saturated carbocycles. The number of amides is 1. The highest BCUT2D eigenvalue weighted by atomic mass is 32.2. The van der Waals surface area contributed by atoms with E-state index < -0.39 is 27.7 Å². The fraction of sp³-hybridized carbons (Fsp3) is 0.158. The van der Waals surface area contributed by atoms with Gasteiger partial charge in [-0.2, -0.15) is 18.3 Å². The maximum atomic E-state index is 12.7. The molecule has 3 N–H and O–H groups in total. The lowest BCUT2D eigenvalue weighted by Crippen LogP contribution is -2.23. The number of nitrogens with two attached hydrogens (primary N) is 1. The van der Waals surface area contributed by atoms with Crippen LogP contribution in [0.25, 0.3) is 0 Å². The molecule has 0 radical (unpaired) electrons. The van der Waals surface area contributed by atoms with Gasteiger partial charge in [0.15, 0.2) is 6.73 Å². The van der Waals surface area contributed by atoms with Gasteiger partial charge in [-0.1, -0.05) is 18.2 Å². The minimum atomic E-state index is -4.48. The van der Waals surface area contributed by atoms with Crippen LogP contribution >= 0.6 is 0 Å². The van der Waals surface area contributed by atoms with E-state index in [1.807, 2.05) is 0 Å². The lowest BCUT2D eigenvalue weighted by molar-refractivity contribution is -0.137. The third kappa shape index (κ3) is 6.06. The number of carbonyl (C=O) groups is 1. The molecule has 3 aromatic rings. The van der Waals surface area contributed by atoms with Gasteiger partial charge >= 0.3 is 6.18 Å². The Morgan fingerprint density at radius 3 is 2.48 bits per heavy atom. The zero-order chi connectivity index (χ0) is 22.6. The van der Waals surface area contributed by atoms with Crippen molar-refractivity contribution in [2.75, 3.05) is 0 Å². The SMILES string of the molecule is NS(=O)(=O)c1ccc(CNC(=O)c2ccn(COc3cccc(C(F)(F)F)c3)n2)cc1. The van der Waals surface area contributed by atoms with E-state index >= 15 is 0 Å². The molecule has 0 aliphatic carbocycles. The van der Waals surface area contributed by atoms with Crippen molar-refractivity contribution in [2.24, 2.45) is 5.14 Å². The molecule has 31 heavy (non-hydrogen) atoms. The van der Waals surface area contributed by atoms with Crippen molar-refractivity contribution in [3.05, 3.63) is 77.6 Å². The highest BCUT2D eigenvalue weighted by Crippen LogP contribution is 2.31. The molecular formula is C19H17F3N4O4S. The Hall–Kier alpha value is -3.38. The first-order chi connectivity index (χ1) is 14.5. The van der Waals surface area contributed by atoms with Gasteiger partial charge in [0.1, 0.15) is 11.4 Å². The smallest absolute Gasteiger partial charge is 0.416 e. The van der Waals surface area contributed by atoms with Crippen molar-refractivity contribution in [3.63, 3.8) is 0 Å². The van der Waals surface area contributed by atoms with E-state index in [1.54, 1.807) is 0 Å². The quantitative estimate of drug-likeness (QED) is 0.569. The van der Waals surface area contributed by atoms with E-state index in [-0.39, 0.29) is 29.6 Å². The number of alkyl halides is 3. The Balaban J connectivity index is 1.55. The maximum absolute atomic E-state index is 12.7. The van der Waals surface area contributed by atoms with Crippen molar-refractivity contribution in [2.45, 2.75) is 24.3 Å². The largest absolute Gasteiger partial charge is 0.471 e. The number of carbonyl (C=O) groups excluding carboxylic acids is 1. The lowest BCUT2D eigenvalue weighted by Gasteiger charge is -2.10. The molecule has 3 rings (SSSR count). The number of nitrogens with zero attached hydrogens (tertiary/aromatic N) is 2. The van der Waals surface area contributed by atoms with Crippen LogP contribution in [0.5, 0.6) is 5.75 Å². The highest BCUT2D eigenvalue weighted by molar-refractivity contribution is 7.89. The molecule has 0 aliphatic rings. The molecular weight excluding hydrogens is 437 g/mol. The van der Waals surface area contributed by atoms with Crippen LogP contribution in [0, 0.1) is 0 Å². The van der Waals surface area contributed by atoms with Crippen LogP contribution in [0.15, 0.2) is 65.7 Å². The van der Waals surface area contributed by atoms with Crippen molar-refractivity contribution in [3.8, 4) is 5.75 Å². The first kappa shape index (κ1) is 22.3. The lowest BCUT2D eigenvalue weighted by atomic mass is 10.2. The standard InChI is InChI=1S/C19H17F3N4O4S/c20-19(21,22)14-2-1-3-15(10-14)30-12-26-9-8-17(25-26)18(27)24-11-13-4-6-16(7-5-13)31(23,28)29/h1-10H,11-12H2,(H,24,27)(H2,23,28,29). The molecule has 0 atom stereocenters. The van der Waals surface area contributed by atoms with E-state index in [4.69, 9.17) is 9.88 Å². The fourth-order valence-corrected chi connectivity index (χ4v) is 3.04. The Morgan fingerprint density at radius 2 is 1.84 bits per heavy atom. The minimum Gasteiger partial charge on any atom is -0.471 e. The van der Waals surface area contributed by atoms with E-state index in [0.29, 0.717) is 5.56 Å². The van der Waals surface area contributed by atoms with E-state index in [9.17, 15) is 26.4 Å². The molecule has 0 bridgehead atoms. The summed E-state index contributed by atoms with van der Waals surface area (Å²) in [5, 5.41) is 11.7. The van der Waals surface area contributed by atoms with Crippen LogP contribution in [0.3, 0.4) is 0 Å². The summed E-state index contributed by atoms with van der Waals surface area (Å²) in [6.07, 6.45) is -3.03. The molecule has 164 valence electrons. The second kappa shape index (κ2) is 8.78. The molecule has 1 amide bonds. The van der Waals surface area contributed by atoms with Crippen LogP contribution in [0.4, 0.5) is 13.2 Å². The first-order valence-electron chi connectivity index (χ1n) is 8.76. The number of rotatable bonds is 7. The predicted octanol–water partition coefficient (Wildman–Crippen LogP) is 2.52. The third-order valence-electron chi connectivity index (χ3n) is 4.10. The summed E-state index contributed by atoms with van der Waals surface area (Å²) in [7, 11) is -3.79. The molecule has 0 saturated heterocycles. The monoisotopic (exact) mass is 454 g/mol. The predicted molar refractivity (Wildman–Crippen MR) is 103 cm³/mol. The number of benzene rings is 2. The third-order valence-corrected chi connectivity index (χ3v) is 5.03. The Labute approximate surface area is 175 Å². The average molecular weight is 454 g/mol. The summed E-state index contributed by atoms with van der Waals surface area (Å²) in [6, 6.07) is 11.5. The summed E-state index contributed by atoms with van der Waals surface area (Å²) in [4.78, 5) is 12.2. The molecule has 0 fully saturated rings. The fourth-order valence-electron chi connectivity index (χ4n) is 2.53. The molecule has 1 heterocycles. The van der Waals surface area contributed by atoms with Crippen LogP contribution in [-0.4, -0.2) is 24.1 Å². The second-order valence-corrected chi connectivity index (χ2v) is 7.97. The number of nitrogens with one attached hydrogen (secondary N) is 1. The molecule has 0 aliphatic heterocycles. The molecule has 8 nitrogen and oxygen atoms in total. The van der Waals surface area contributed by atoms with Gasteiger partial charge in [-0.25, -0.2) is 18.2 Å². The number of hydrogen-bond acceptors (Lipinski definition) is 5. The Bertz CT molecular complexity index is 1180. The van der Waals surface area contributed by atoms with Gasteiger partial charge in [0.05, 0.1) is 10.5 Å². The molecule has 12 heteroatoms. The van der Waals surface area contributed by atoms with Gasteiger partial charge in [-0.3, -0.25) is 4.79 Å². The van der Waals surface area contributed by atoms with E-state index in [0.717, 1.165) is 12.1 Å². The number of halogens is 3. The normalized spacial score (nSPS) is 11.9. The summed E-state index contributed by atoms with van der Waals surface area (Å²) < 4.78 is 67.3. The van der Waals surface area contributed by atoms with Crippen molar-refractivity contribution >= 4 is 15.9 Å². The van der Waals surface area contributed by atoms with E-state index in [2.05, 4.69) is 10.4 Å². The Morgan fingerprint density at radius 1 is 1.13 bits per heavy atom. The highest BCUT2D eigenvalue weighted by Gasteiger charge is 2.30. The molecule has 0 unspecified atom stereocenters. The van der Waals surface area contributed by atoms with Crippen molar-refractivity contribution in [1.82, 2.24) is 15.1 Å². The van der Waals surface area contributed by atoms with Crippen molar-refractivity contribution in [1.29, 1.82) is 0 Å². The average Bonchev–Trinajstić information content (AvgIpc) is 3.19. The molecule has 1 aromatic heterocycles. The Kier molecular flexibility index (Phi) is 6.32. The van der Waals surface area contributed by atoms with Gasteiger partial charge in [0.25, 0.3) is 5.91 Å². The van der Waals surface area contributed by atoms with E-state index in [1.165, 1.54) is 53.3 Å². The molecule has 0 spiro atoms. The zero-order valence-corrected chi connectivity index (χ0v) is 16.7. The van der Waals surface area contributed by atoms with Gasteiger partial charge < -0.3 is 10.1 Å². The van der Waals surface area contributed by atoms with Gasteiger partial charge in [-0.05, 0) is 42.0 Å². The van der Waals surface area contributed by atoms with Gasteiger partial charge in [0.2, 0.25) is 10.0 Å². The number of ether oxygens (including phenoxy) is 1. The maximum Gasteiger partial charge on any atom is 0.416 e. The van der Waals surface area contributed by atoms with Crippen molar-refractivity contribution < 1.29 is 31.1 Å². The number of hydrogen-bond donors (Lipinski definition) is 2. The van der Waals surface area contributed by atoms with Crippen LogP contribution < -0.4 is 15.2 Å². The topological polar surface area (TPSA) is 116 Å². The zero-order valence-electron chi connectivity index (χ0n) is 15.8. The molecule has 2 aromatic carbocycles. The van der Waals surface area contributed by atoms with Crippen LogP contribution in [0.2, 0.25) is 0 Å². The number of primary sulfonamides is 1. The first-order valence-corrected chi connectivity index (χ1v) is 10.3. The van der Waals surface area contributed by atoms with Gasteiger partial charge in [-0.15, -0.1) is 0 Å². The second-order valence-electron chi connectivity index (χ2n) is 6.41. The summed E-state index contributed by atoms with van der Waals surface area (Å²) >= 11 is 0. The van der Waals surface area contributed by atoms with Crippen LogP contribution in [-0.2, 0) is 29.5 Å². The van der Waals surface area contributed by atoms with Gasteiger partial charge in [0, 0.05) is 12.7 Å². The summed E-state index contributed by atoms with van der Waals surface area (Å²) in [5.74, 6) is -0.479.